The number of benzene rings is 1. The van der Waals surface area contributed by atoms with Crippen molar-refractivity contribution in [2.75, 3.05) is 12.3 Å². The van der Waals surface area contributed by atoms with E-state index in [1.807, 2.05) is 17.8 Å². The van der Waals surface area contributed by atoms with E-state index in [-0.39, 0.29) is 0 Å². The van der Waals surface area contributed by atoms with Gasteiger partial charge in [-0.2, -0.15) is 0 Å². The molecule has 0 aliphatic carbocycles. The third kappa shape index (κ3) is 2.27. The standard InChI is InChI=1S/C13H17NS/c1-3-13-12-6-5-11(15-4-2)9-10(12)7-8-14-13/h3,5-6,9,13-14H,1,4,7-8H2,2H3. The molecule has 80 valence electrons. The van der Waals surface area contributed by atoms with Gasteiger partial charge in [0.1, 0.15) is 0 Å². The largest absolute Gasteiger partial charge is 0.306 e. The Morgan fingerprint density at radius 3 is 3.20 bits per heavy atom. The molecule has 0 fully saturated rings. The fraction of sp³-hybridized carbons (Fsp3) is 0.385. The van der Waals surface area contributed by atoms with Crippen LogP contribution in [0.4, 0.5) is 0 Å². The molecule has 2 heteroatoms. The van der Waals surface area contributed by atoms with Crippen molar-refractivity contribution in [1.29, 1.82) is 0 Å². The zero-order chi connectivity index (χ0) is 10.7. The molecule has 1 N–H and O–H groups in total. The van der Waals surface area contributed by atoms with Gasteiger partial charge in [-0.15, -0.1) is 18.3 Å². The van der Waals surface area contributed by atoms with E-state index in [0.29, 0.717) is 6.04 Å². The van der Waals surface area contributed by atoms with E-state index in [1.165, 1.54) is 16.0 Å². The first-order valence-corrected chi connectivity index (χ1v) is 6.45. The van der Waals surface area contributed by atoms with Crippen LogP contribution in [0.15, 0.2) is 35.7 Å². The van der Waals surface area contributed by atoms with Crippen LogP contribution in [0, 0.1) is 0 Å². The van der Waals surface area contributed by atoms with Gasteiger partial charge in [0, 0.05) is 11.4 Å². The monoisotopic (exact) mass is 219 g/mol. The first kappa shape index (κ1) is 10.8. The summed E-state index contributed by atoms with van der Waals surface area (Å²) in [5.74, 6) is 1.14. The Kier molecular flexibility index (Phi) is 3.49. The van der Waals surface area contributed by atoms with Gasteiger partial charge in [-0.05, 0) is 35.4 Å². The van der Waals surface area contributed by atoms with Crippen molar-refractivity contribution in [3.05, 3.63) is 42.0 Å². The van der Waals surface area contributed by atoms with Crippen molar-refractivity contribution < 1.29 is 0 Å². The second-order valence-corrected chi connectivity index (χ2v) is 5.05. The predicted octanol–water partition coefficient (Wildman–Crippen LogP) is 3.17. The summed E-state index contributed by atoms with van der Waals surface area (Å²) < 4.78 is 0. The Labute approximate surface area is 96.0 Å². The van der Waals surface area contributed by atoms with Gasteiger partial charge < -0.3 is 5.32 Å². The van der Waals surface area contributed by atoms with Gasteiger partial charge in [0.25, 0.3) is 0 Å². The normalized spacial score (nSPS) is 19.7. The molecule has 1 nitrogen and oxygen atoms in total. The molecule has 0 aromatic heterocycles. The second kappa shape index (κ2) is 4.86. The molecule has 1 heterocycles. The first-order valence-electron chi connectivity index (χ1n) is 5.46. The quantitative estimate of drug-likeness (QED) is 0.619. The fourth-order valence-electron chi connectivity index (χ4n) is 2.04. The third-order valence-electron chi connectivity index (χ3n) is 2.75. The average molecular weight is 219 g/mol. The van der Waals surface area contributed by atoms with E-state index in [1.54, 1.807) is 0 Å². The molecule has 0 saturated carbocycles. The Morgan fingerprint density at radius 2 is 2.47 bits per heavy atom. The number of hydrogen-bond acceptors (Lipinski definition) is 2. The van der Waals surface area contributed by atoms with Crippen LogP contribution >= 0.6 is 11.8 Å². The highest BCUT2D eigenvalue weighted by molar-refractivity contribution is 7.99. The molecule has 15 heavy (non-hydrogen) atoms. The summed E-state index contributed by atoms with van der Waals surface area (Å²) >= 11 is 1.91. The minimum Gasteiger partial charge on any atom is -0.306 e. The van der Waals surface area contributed by atoms with Crippen LogP contribution in [0.3, 0.4) is 0 Å². The molecule has 0 amide bonds. The van der Waals surface area contributed by atoms with Gasteiger partial charge in [0.05, 0.1) is 6.04 Å². The summed E-state index contributed by atoms with van der Waals surface area (Å²) in [5.41, 5.74) is 2.88. The zero-order valence-corrected chi connectivity index (χ0v) is 9.94. The van der Waals surface area contributed by atoms with Crippen LogP contribution in [0.25, 0.3) is 0 Å². The molecule has 2 rings (SSSR count). The summed E-state index contributed by atoms with van der Waals surface area (Å²) in [6, 6.07) is 7.14. The lowest BCUT2D eigenvalue weighted by molar-refractivity contribution is 0.581. The molecule has 0 bridgehead atoms. The van der Waals surface area contributed by atoms with Gasteiger partial charge >= 0.3 is 0 Å². The molecule has 0 spiro atoms. The van der Waals surface area contributed by atoms with E-state index >= 15 is 0 Å². The van der Waals surface area contributed by atoms with Gasteiger partial charge in [-0.1, -0.05) is 19.1 Å². The SMILES string of the molecule is C=CC1NCCc2cc(SCC)ccc21. The molecular formula is C13H17NS. The maximum atomic E-state index is 3.87. The zero-order valence-electron chi connectivity index (χ0n) is 9.12. The Morgan fingerprint density at radius 1 is 1.60 bits per heavy atom. The Bertz CT molecular complexity index is 360. The van der Waals surface area contributed by atoms with E-state index in [9.17, 15) is 0 Å². The van der Waals surface area contributed by atoms with Crippen LogP contribution in [0.2, 0.25) is 0 Å². The van der Waals surface area contributed by atoms with Crippen molar-refractivity contribution in [2.45, 2.75) is 24.3 Å². The highest BCUT2D eigenvalue weighted by atomic mass is 32.2. The topological polar surface area (TPSA) is 12.0 Å². The van der Waals surface area contributed by atoms with Crippen LogP contribution in [0.5, 0.6) is 0 Å². The van der Waals surface area contributed by atoms with Crippen molar-refractivity contribution in [3.8, 4) is 0 Å². The molecule has 1 aromatic rings. The number of thioether (sulfide) groups is 1. The van der Waals surface area contributed by atoms with Crippen molar-refractivity contribution in [2.24, 2.45) is 0 Å². The molecular weight excluding hydrogens is 202 g/mol. The van der Waals surface area contributed by atoms with Crippen LogP contribution in [0.1, 0.15) is 24.1 Å². The van der Waals surface area contributed by atoms with Gasteiger partial charge in [-0.3, -0.25) is 0 Å². The molecule has 0 saturated heterocycles. The highest BCUT2D eigenvalue weighted by Crippen LogP contribution is 2.28. The lowest BCUT2D eigenvalue weighted by atomic mass is 9.94. The summed E-state index contributed by atoms with van der Waals surface area (Å²) in [5, 5.41) is 3.45. The van der Waals surface area contributed by atoms with E-state index in [0.717, 1.165) is 18.7 Å². The van der Waals surface area contributed by atoms with E-state index < -0.39 is 0 Å². The minimum absolute atomic E-state index is 0.342. The van der Waals surface area contributed by atoms with Crippen molar-refractivity contribution >= 4 is 11.8 Å². The second-order valence-electron chi connectivity index (χ2n) is 3.71. The van der Waals surface area contributed by atoms with Crippen molar-refractivity contribution in [1.82, 2.24) is 5.32 Å². The lowest BCUT2D eigenvalue weighted by Gasteiger charge is -2.24. The molecule has 1 aromatic carbocycles. The molecule has 1 aliphatic heterocycles. The summed E-state index contributed by atoms with van der Waals surface area (Å²) in [7, 11) is 0. The summed E-state index contributed by atoms with van der Waals surface area (Å²) in [6.07, 6.45) is 3.13. The van der Waals surface area contributed by atoms with Gasteiger partial charge in [0.15, 0.2) is 0 Å². The smallest absolute Gasteiger partial charge is 0.0506 e. The van der Waals surface area contributed by atoms with Gasteiger partial charge in [0.2, 0.25) is 0 Å². The van der Waals surface area contributed by atoms with E-state index in [2.05, 4.69) is 37.0 Å². The van der Waals surface area contributed by atoms with Crippen LogP contribution in [-0.2, 0) is 6.42 Å². The maximum absolute atomic E-state index is 3.87. The van der Waals surface area contributed by atoms with Crippen LogP contribution < -0.4 is 5.32 Å². The number of nitrogens with one attached hydrogen (secondary N) is 1. The van der Waals surface area contributed by atoms with Gasteiger partial charge in [-0.25, -0.2) is 0 Å². The Hall–Kier alpha value is -0.730. The lowest BCUT2D eigenvalue weighted by Crippen LogP contribution is -2.28. The van der Waals surface area contributed by atoms with Crippen LogP contribution in [-0.4, -0.2) is 12.3 Å². The molecule has 0 radical (unpaired) electrons. The fourth-order valence-corrected chi connectivity index (χ4v) is 2.76. The summed E-state index contributed by atoms with van der Waals surface area (Å²) in [4.78, 5) is 1.39. The highest BCUT2D eigenvalue weighted by Gasteiger charge is 2.16. The minimum atomic E-state index is 0.342. The molecule has 1 aliphatic rings. The molecule has 1 atom stereocenters. The predicted molar refractivity (Wildman–Crippen MR) is 67.5 cm³/mol. The Balaban J connectivity index is 2.31. The summed E-state index contributed by atoms with van der Waals surface area (Å²) in [6.45, 7) is 7.13. The van der Waals surface area contributed by atoms with Crippen molar-refractivity contribution in [3.63, 3.8) is 0 Å². The number of fused-ring (bicyclic) bond motifs is 1. The third-order valence-corrected chi connectivity index (χ3v) is 3.63. The number of hydrogen-bond donors (Lipinski definition) is 1. The maximum Gasteiger partial charge on any atom is 0.0506 e. The van der Waals surface area contributed by atoms with E-state index in [4.69, 9.17) is 0 Å². The average Bonchev–Trinajstić information content (AvgIpc) is 2.28. The number of rotatable bonds is 3. The first-order chi connectivity index (χ1) is 7.35. The molecule has 1 unspecified atom stereocenters.